The predicted molar refractivity (Wildman–Crippen MR) is 178 cm³/mol. The van der Waals surface area contributed by atoms with Crippen molar-refractivity contribution in [3.8, 4) is 11.1 Å². The van der Waals surface area contributed by atoms with Gasteiger partial charge in [-0.2, -0.15) is 15.2 Å². The lowest BCUT2D eigenvalue weighted by molar-refractivity contribution is -0.119. The summed E-state index contributed by atoms with van der Waals surface area (Å²) >= 11 is 0. The van der Waals surface area contributed by atoms with Gasteiger partial charge >= 0.3 is 0 Å². The summed E-state index contributed by atoms with van der Waals surface area (Å²) in [6.45, 7) is 9.41. The molecule has 10 heteroatoms. The molecule has 3 heterocycles. The van der Waals surface area contributed by atoms with Crippen LogP contribution in [-0.2, 0) is 22.4 Å². The van der Waals surface area contributed by atoms with E-state index < -0.39 is 5.60 Å². The average Bonchev–Trinajstić information content (AvgIpc) is 3.64. The van der Waals surface area contributed by atoms with Crippen LogP contribution in [0.25, 0.3) is 16.9 Å². The molecule has 1 amide bonds. The molecule has 1 atom stereocenters. The number of rotatable bonds is 10. The van der Waals surface area contributed by atoms with Gasteiger partial charge in [-0.1, -0.05) is 55.8 Å². The molecule has 0 saturated heterocycles. The van der Waals surface area contributed by atoms with E-state index >= 15 is 0 Å². The van der Waals surface area contributed by atoms with Crippen LogP contribution in [0.5, 0.6) is 0 Å². The summed E-state index contributed by atoms with van der Waals surface area (Å²) in [5.74, 6) is 1.09. The lowest BCUT2D eigenvalue weighted by Crippen LogP contribution is -2.40. The normalized spacial score (nSPS) is 19.3. The summed E-state index contributed by atoms with van der Waals surface area (Å²) in [6.07, 6.45) is 5.06. The number of carbonyl (C=O) groups is 1. The van der Waals surface area contributed by atoms with Crippen LogP contribution in [0.3, 0.4) is 0 Å². The van der Waals surface area contributed by atoms with Gasteiger partial charge in [0.1, 0.15) is 5.82 Å². The molecule has 0 radical (unpaired) electrons. The first-order valence-electron chi connectivity index (χ1n) is 16.4. The van der Waals surface area contributed by atoms with Crippen molar-refractivity contribution in [2.24, 2.45) is 5.10 Å². The Kier molecular flexibility index (Phi) is 8.94. The van der Waals surface area contributed by atoms with Crippen molar-refractivity contribution in [3.63, 3.8) is 0 Å². The van der Waals surface area contributed by atoms with Crippen molar-refractivity contribution in [2.75, 3.05) is 0 Å². The molecule has 1 unspecified atom stereocenters. The zero-order valence-corrected chi connectivity index (χ0v) is 27.4. The molecular formula is C36H44N6O4. The minimum Gasteiger partial charge on any atom is -0.388 e. The highest BCUT2D eigenvalue weighted by atomic mass is 16.5. The van der Waals surface area contributed by atoms with Crippen LogP contribution in [0.1, 0.15) is 100 Å². The van der Waals surface area contributed by atoms with Crippen molar-refractivity contribution < 1.29 is 14.6 Å². The van der Waals surface area contributed by atoms with Gasteiger partial charge in [-0.05, 0) is 82.6 Å². The van der Waals surface area contributed by atoms with Gasteiger partial charge in [-0.3, -0.25) is 14.2 Å². The summed E-state index contributed by atoms with van der Waals surface area (Å²) in [4.78, 5) is 31.5. The minimum absolute atomic E-state index is 0.0266. The number of benzene rings is 2. The van der Waals surface area contributed by atoms with Crippen molar-refractivity contribution in [1.82, 2.24) is 24.6 Å². The maximum atomic E-state index is 14.6. The van der Waals surface area contributed by atoms with Gasteiger partial charge < -0.3 is 9.84 Å². The molecule has 2 N–H and O–H groups in total. The number of ether oxygens (including phenoxy) is 1. The number of aliphatic hydroxyl groups is 1. The third-order valence-electron chi connectivity index (χ3n) is 9.38. The van der Waals surface area contributed by atoms with Crippen LogP contribution in [0.2, 0.25) is 0 Å². The number of amides is 1. The van der Waals surface area contributed by atoms with Crippen molar-refractivity contribution in [2.45, 2.75) is 110 Å². The topological polar surface area (TPSA) is 123 Å². The summed E-state index contributed by atoms with van der Waals surface area (Å²) < 4.78 is 9.97. The first-order valence-corrected chi connectivity index (χ1v) is 16.4. The summed E-state index contributed by atoms with van der Waals surface area (Å²) in [6, 6.07) is 16.2. The van der Waals surface area contributed by atoms with Crippen LogP contribution in [-0.4, -0.2) is 53.7 Å². The lowest BCUT2D eigenvalue weighted by atomic mass is 9.90. The van der Waals surface area contributed by atoms with E-state index in [-0.39, 0.29) is 36.1 Å². The van der Waals surface area contributed by atoms with Crippen LogP contribution >= 0.6 is 0 Å². The molecule has 242 valence electrons. The van der Waals surface area contributed by atoms with E-state index in [9.17, 15) is 14.7 Å². The highest BCUT2D eigenvalue weighted by molar-refractivity contribution is 6.16. The number of hydrazone groups is 1. The summed E-state index contributed by atoms with van der Waals surface area (Å²) in [5, 5.41) is 19.5. The molecule has 10 nitrogen and oxygen atoms in total. The van der Waals surface area contributed by atoms with E-state index in [1.807, 2.05) is 53.3 Å². The molecule has 2 aromatic carbocycles. The van der Waals surface area contributed by atoms with Gasteiger partial charge in [0.25, 0.3) is 5.56 Å². The number of aryl methyl sites for hydroxylation is 2. The Morgan fingerprint density at radius 3 is 2.46 bits per heavy atom. The first kappa shape index (κ1) is 31.8. The number of nitrogens with zero attached hydrogens (tertiary/aromatic N) is 5. The average molecular weight is 625 g/mol. The molecular weight excluding hydrogens is 580 g/mol. The second-order valence-electron chi connectivity index (χ2n) is 13.3. The smallest absolute Gasteiger partial charge is 0.259 e. The molecule has 2 aliphatic rings. The maximum Gasteiger partial charge on any atom is 0.259 e. The fourth-order valence-electron chi connectivity index (χ4n) is 6.65. The standard InChI is InChI=1S/C36H44N6O4/c1-6-10-32-30(20-24-13-18-28(25-11-8-7-9-12-25)29(19-24)31-21-33(43)39-38-31)34(44)41(35-37-23(3)40-42(32)35)26-14-16-27(17-15-26)46-22(2)36(4,5)45/h7-9,11-13,18-19,22,26-27,45H,6,10,14-17,20-21H2,1-5H3,(H,39,43). The van der Waals surface area contributed by atoms with Crippen LogP contribution < -0.4 is 11.0 Å². The number of carbonyl (C=O) groups excluding carboxylic acids is 1. The number of aromatic nitrogens is 4. The Labute approximate surface area is 269 Å². The summed E-state index contributed by atoms with van der Waals surface area (Å²) in [5.41, 5.74) is 7.82. The van der Waals surface area contributed by atoms with Gasteiger partial charge in [0, 0.05) is 23.6 Å². The minimum atomic E-state index is -0.918. The van der Waals surface area contributed by atoms with Crippen LogP contribution in [0.4, 0.5) is 0 Å². The first-order chi connectivity index (χ1) is 22.0. The molecule has 4 aromatic rings. The predicted octanol–water partition coefficient (Wildman–Crippen LogP) is 5.29. The molecule has 1 fully saturated rings. The van der Waals surface area contributed by atoms with Gasteiger partial charge in [0.15, 0.2) is 0 Å². The number of hydrogen-bond donors (Lipinski definition) is 2. The van der Waals surface area contributed by atoms with Gasteiger partial charge in [-0.15, -0.1) is 0 Å². The van der Waals surface area contributed by atoms with Crippen molar-refractivity contribution >= 4 is 17.4 Å². The number of nitrogens with one attached hydrogen (secondary N) is 1. The number of hydrogen-bond acceptors (Lipinski definition) is 7. The second kappa shape index (κ2) is 12.9. The molecule has 1 aliphatic carbocycles. The molecule has 1 saturated carbocycles. The van der Waals surface area contributed by atoms with E-state index in [0.717, 1.165) is 60.1 Å². The molecule has 0 spiro atoms. The van der Waals surface area contributed by atoms with Crippen LogP contribution in [0.15, 0.2) is 58.4 Å². The summed E-state index contributed by atoms with van der Waals surface area (Å²) in [7, 11) is 0. The fourth-order valence-corrected chi connectivity index (χ4v) is 6.65. The zero-order valence-electron chi connectivity index (χ0n) is 27.4. The third kappa shape index (κ3) is 6.41. The van der Waals surface area contributed by atoms with E-state index in [4.69, 9.17) is 14.8 Å². The van der Waals surface area contributed by atoms with E-state index in [0.29, 0.717) is 35.7 Å². The fraction of sp³-hybridized carbons (Fsp3) is 0.472. The Hall–Kier alpha value is -4.15. The largest absolute Gasteiger partial charge is 0.388 e. The highest BCUT2D eigenvalue weighted by Crippen LogP contribution is 2.33. The Morgan fingerprint density at radius 2 is 1.80 bits per heavy atom. The molecule has 1 aliphatic heterocycles. The Balaban J connectivity index is 1.39. The molecule has 2 aromatic heterocycles. The van der Waals surface area contributed by atoms with Gasteiger partial charge in [-0.25, -0.2) is 9.94 Å². The zero-order chi connectivity index (χ0) is 32.6. The molecule has 46 heavy (non-hydrogen) atoms. The Morgan fingerprint density at radius 1 is 1.07 bits per heavy atom. The van der Waals surface area contributed by atoms with Crippen LogP contribution in [0, 0.1) is 6.92 Å². The highest BCUT2D eigenvalue weighted by Gasteiger charge is 2.32. The monoisotopic (exact) mass is 624 g/mol. The van der Waals surface area contributed by atoms with Crippen molar-refractivity contribution in [3.05, 3.63) is 87.1 Å². The number of fused-ring (bicyclic) bond motifs is 1. The van der Waals surface area contributed by atoms with Gasteiger partial charge in [0.05, 0.1) is 35.6 Å². The Bertz CT molecular complexity index is 1830. The molecule has 0 bridgehead atoms. The lowest BCUT2D eigenvalue weighted by Gasteiger charge is -2.35. The van der Waals surface area contributed by atoms with Gasteiger partial charge in [0.2, 0.25) is 11.7 Å². The van der Waals surface area contributed by atoms with E-state index in [1.54, 1.807) is 13.8 Å². The third-order valence-corrected chi connectivity index (χ3v) is 9.38. The second-order valence-corrected chi connectivity index (χ2v) is 13.3. The SMILES string of the molecule is CCCc1c(Cc2ccc(-c3ccccc3)c(C3=NNC(=O)C3)c2)c(=O)n(C2CCC(OC(C)C(C)(C)O)CC2)c2nc(C)nn12. The van der Waals surface area contributed by atoms with Crippen molar-refractivity contribution in [1.29, 1.82) is 0 Å². The molecule has 6 rings (SSSR count). The van der Waals surface area contributed by atoms with E-state index in [2.05, 4.69) is 35.7 Å². The quantitative estimate of drug-likeness (QED) is 0.247. The van der Waals surface area contributed by atoms with E-state index in [1.165, 1.54) is 0 Å². The maximum absolute atomic E-state index is 14.6.